The molecule has 3 N–H and O–H groups in total. The number of amides is 3. The van der Waals surface area contributed by atoms with Gasteiger partial charge in [-0.2, -0.15) is 0 Å². The van der Waals surface area contributed by atoms with E-state index in [9.17, 15) is 14.7 Å². The van der Waals surface area contributed by atoms with Crippen LogP contribution in [0.3, 0.4) is 0 Å². The van der Waals surface area contributed by atoms with Gasteiger partial charge in [0.2, 0.25) is 5.91 Å². The van der Waals surface area contributed by atoms with Crippen LogP contribution >= 0.6 is 0 Å². The van der Waals surface area contributed by atoms with E-state index in [2.05, 4.69) is 10.6 Å². The van der Waals surface area contributed by atoms with Gasteiger partial charge in [0, 0.05) is 19.2 Å². The molecule has 0 aromatic carbocycles. The van der Waals surface area contributed by atoms with Crippen molar-refractivity contribution in [2.24, 2.45) is 0 Å². The molecule has 0 aliphatic rings. The van der Waals surface area contributed by atoms with Crippen molar-refractivity contribution in [3.63, 3.8) is 0 Å². The molecule has 0 spiro atoms. The van der Waals surface area contributed by atoms with E-state index in [-0.39, 0.29) is 13.2 Å². The number of carbonyl (C=O) groups excluding carboxylic acids is 2. The van der Waals surface area contributed by atoms with Gasteiger partial charge in [-0.1, -0.05) is 0 Å². The van der Waals surface area contributed by atoms with Gasteiger partial charge >= 0.3 is 6.03 Å². The van der Waals surface area contributed by atoms with Crippen molar-refractivity contribution in [1.29, 1.82) is 0 Å². The van der Waals surface area contributed by atoms with Gasteiger partial charge in [-0.05, 0) is 27.8 Å². The van der Waals surface area contributed by atoms with Crippen LogP contribution in [0.4, 0.5) is 4.79 Å². The third kappa shape index (κ3) is 10.4. The van der Waals surface area contributed by atoms with Crippen LogP contribution in [0.1, 0.15) is 20.8 Å². The minimum Gasteiger partial charge on any atom is -0.389 e. The molecule has 7 heteroatoms. The number of methoxy groups -OCH3 is 1. The highest BCUT2D eigenvalue weighted by Gasteiger charge is 2.17. The Morgan fingerprint density at radius 2 is 1.95 bits per heavy atom. The molecule has 0 radical (unpaired) electrons. The monoisotopic (exact) mass is 275 g/mol. The second kappa shape index (κ2) is 8.08. The Balaban J connectivity index is 4.00. The van der Waals surface area contributed by atoms with Crippen molar-refractivity contribution in [3.8, 4) is 0 Å². The molecule has 7 nitrogen and oxygen atoms in total. The molecule has 3 amide bonds. The Morgan fingerprint density at radius 1 is 1.37 bits per heavy atom. The molecule has 1 unspecified atom stereocenters. The molecule has 0 aliphatic heterocycles. The van der Waals surface area contributed by atoms with Crippen molar-refractivity contribution in [1.82, 2.24) is 15.5 Å². The Hall–Kier alpha value is -1.18. The second-order valence-corrected chi connectivity index (χ2v) is 5.56. The predicted octanol–water partition coefficient (Wildman–Crippen LogP) is -0.450. The topological polar surface area (TPSA) is 90.9 Å². The summed E-state index contributed by atoms with van der Waals surface area (Å²) in [5, 5.41) is 14.3. The third-order valence-corrected chi connectivity index (χ3v) is 2.04. The molecule has 0 fully saturated rings. The van der Waals surface area contributed by atoms with Crippen LogP contribution < -0.4 is 10.6 Å². The van der Waals surface area contributed by atoms with E-state index >= 15 is 0 Å². The maximum atomic E-state index is 11.6. The number of nitrogens with zero attached hydrogens (tertiary/aromatic N) is 1. The number of hydrogen-bond acceptors (Lipinski definition) is 5. The summed E-state index contributed by atoms with van der Waals surface area (Å²) in [6.45, 7) is 6.00. The van der Waals surface area contributed by atoms with E-state index in [0.29, 0.717) is 6.54 Å². The highest BCUT2D eigenvalue weighted by molar-refractivity contribution is 5.95. The summed E-state index contributed by atoms with van der Waals surface area (Å²) in [5.41, 5.74) is -0.398. The van der Waals surface area contributed by atoms with E-state index in [0.717, 1.165) is 0 Å². The molecule has 0 saturated heterocycles. The first kappa shape index (κ1) is 17.8. The SMILES string of the molecule is COCC(O)CN(C)CC(=O)NC(=O)NC(C)(C)C. The lowest BCUT2D eigenvalue weighted by Gasteiger charge is -2.22. The second-order valence-electron chi connectivity index (χ2n) is 5.56. The van der Waals surface area contributed by atoms with Crippen LogP contribution in [0, 0.1) is 0 Å². The molecule has 0 aromatic rings. The largest absolute Gasteiger partial charge is 0.389 e. The van der Waals surface area contributed by atoms with Crippen LogP contribution in [-0.4, -0.2) is 67.4 Å². The molecular formula is C12H25N3O4. The maximum absolute atomic E-state index is 11.6. The molecule has 1 atom stereocenters. The van der Waals surface area contributed by atoms with Crippen molar-refractivity contribution in [3.05, 3.63) is 0 Å². The average Bonchev–Trinajstić information content (AvgIpc) is 2.12. The van der Waals surface area contributed by atoms with Crippen molar-refractivity contribution in [2.45, 2.75) is 32.4 Å². The van der Waals surface area contributed by atoms with E-state index in [1.165, 1.54) is 7.11 Å². The van der Waals surface area contributed by atoms with Gasteiger partial charge in [0.15, 0.2) is 0 Å². The number of likely N-dealkylation sites (N-methyl/N-ethyl adjacent to an activating group) is 1. The van der Waals surface area contributed by atoms with Crippen LogP contribution in [0.5, 0.6) is 0 Å². The molecule has 0 saturated carbocycles. The Labute approximate surface area is 114 Å². The number of ether oxygens (including phenoxy) is 1. The van der Waals surface area contributed by atoms with Crippen molar-refractivity contribution in [2.75, 3.05) is 33.9 Å². The van der Waals surface area contributed by atoms with Gasteiger partial charge in [-0.15, -0.1) is 0 Å². The fraction of sp³-hybridized carbons (Fsp3) is 0.833. The predicted molar refractivity (Wildman–Crippen MR) is 71.8 cm³/mol. The van der Waals surface area contributed by atoms with Crippen LogP contribution in [0.15, 0.2) is 0 Å². The van der Waals surface area contributed by atoms with Gasteiger partial charge in [-0.3, -0.25) is 15.0 Å². The van der Waals surface area contributed by atoms with Gasteiger partial charge < -0.3 is 15.2 Å². The fourth-order valence-corrected chi connectivity index (χ4v) is 1.45. The first-order chi connectivity index (χ1) is 8.64. The number of rotatable bonds is 6. The lowest BCUT2D eigenvalue weighted by Crippen LogP contribution is -2.50. The van der Waals surface area contributed by atoms with E-state index in [1.807, 2.05) is 20.8 Å². The van der Waals surface area contributed by atoms with E-state index < -0.39 is 23.6 Å². The summed E-state index contributed by atoms with van der Waals surface area (Å²) in [4.78, 5) is 24.6. The number of nitrogens with one attached hydrogen (secondary N) is 2. The fourth-order valence-electron chi connectivity index (χ4n) is 1.45. The number of imide groups is 1. The van der Waals surface area contributed by atoms with E-state index in [1.54, 1.807) is 11.9 Å². The summed E-state index contributed by atoms with van der Waals surface area (Å²) in [6, 6.07) is -0.525. The Kier molecular flexibility index (Phi) is 7.58. The molecular weight excluding hydrogens is 250 g/mol. The lowest BCUT2D eigenvalue weighted by atomic mass is 10.1. The molecule has 0 heterocycles. The van der Waals surface area contributed by atoms with Crippen LogP contribution in [-0.2, 0) is 9.53 Å². The quantitative estimate of drug-likeness (QED) is 0.611. The summed E-state index contributed by atoms with van der Waals surface area (Å²) in [5.74, 6) is -0.422. The minimum atomic E-state index is -0.661. The number of aliphatic hydroxyl groups is 1. The average molecular weight is 275 g/mol. The zero-order valence-corrected chi connectivity index (χ0v) is 12.3. The standard InChI is InChI=1S/C12H25N3O4/c1-12(2,3)14-11(18)13-10(17)7-15(4)6-9(16)8-19-5/h9,16H,6-8H2,1-5H3,(H2,13,14,17,18). The Bertz CT molecular complexity index is 302. The molecule has 112 valence electrons. The van der Waals surface area contributed by atoms with Gasteiger partial charge in [0.1, 0.15) is 0 Å². The van der Waals surface area contributed by atoms with Crippen LogP contribution in [0.2, 0.25) is 0 Å². The molecule has 0 bridgehead atoms. The van der Waals surface area contributed by atoms with Gasteiger partial charge in [0.25, 0.3) is 0 Å². The normalized spacial score (nSPS) is 13.2. The molecule has 0 rings (SSSR count). The summed E-state index contributed by atoms with van der Waals surface area (Å²) in [6.07, 6.45) is -0.661. The van der Waals surface area contributed by atoms with Gasteiger partial charge in [-0.25, -0.2) is 4.79 Å². The maximum Gasteiger partial charge on any atom is 0.321 e. The van der Waals surface area contributed by atoms with Crippen molar-refractivity contribution < 1.29 is 19.4 Å². The number of urea groups is 1. The highest BCUT2D eigenvalue weighted by atomic mass is 16.5. The Morgan fingerprint density at radius 3 is 2.42 bits per heavy atom. The number of hydrogen-bond donors (Lipinski definition) is 3. The molecule has 0 aromatic heterocycles. The highest BCUT2D eigenvalue weighted by Crippen LogP contribution is 1.97. The van der Waals surface area contributed by atoms with Gasteiger partial charge in [0.05, 0.1) is 19.3 Å². The molecule has 19 heavy (non-hydrogen) atoms. The first-order valence-electron chi connectivity index (χ1n) is 6.11. The summed E-state index contributed by atoms with van der Waals surface area (Å²) in [7, 11) is 3.17. The smallest absolute Gasteiger partial charge is 0.321 e. The minimum absolute atomic E-state index is 0.0261. The molecule has 0 aliphatic carbocycles. The number of aliphatic hydroxyl groups excluding tert-OH is 1. The lowest BCUT2D eigenvalue weighted by molar-refractivity contribution is -0.121. The summed E-state index contributed by atoms with van der Waals surface area (Å²) < 4.78 is 4.79. The third-order valence-electron chi connectivity index (χ3n) is 2.04. The van der Waals surface area contributed by atoms with Crippen LogP contribution in [0.25, 0.3) is 0 Å². The first-order valence-corrected chi connectivity index (χ1v) is 6.11. The summed E-state index contributed by atoms with van der Waals surface area (Å²) >= 11 is 0. The number of carbonyl (C=O) groups is 2. The van der Waals surface area contributed by atoms with E-state index in [4.69, 9.17) is 4.74 Å². The zero-order valence-electron chi connectivity index (χ0n) is 12.3. The zero-order chi connectivity index (χ0) is 15.1. The van der Waals surface area contributed by atoms with Crippen molar-refractivity contribution >= 4 is 11.9 Å².